The van der Waals surface area contributed by atoms with Crippen LogP contribution in [0.4, 0.5) is 0 Å². The van der Waals surface area contributed by atoms with Crippen molar-refractivity contribution in [1.29, 1.82) is 0 Å². The fourth-order valence-electron chi connectivity index (χ4n) is 6.50. The smallest absolute Gasteiger partial charge is 0.263 e. The van der Waals surface area contributed by atoms with Gasteiger partial charge in [0, 0.05) is 41.8 Å². The molecule has 3 aliphatic heterocycles. The van der Waals surface area contributed by atoms with Crippen molar-refractivity contribution in [1.82, 2.24) is 14.7 Å². The summed E-state index contributed by atoms with van der Waals surface area (Å²) in [6, 6.07) is 7.40. The van der Waals surface area contributed by atoms with Crippen molar-refractivity contribution in [3.63, 3.8) is 0 Å². The van der Waals surface area contributed by atoms with E-state index in [1.54, 1.807) is 23.9 Å². The molecule has 39 heavy (non-hydrogen) atoms. The Labute approximate surface area is 245 Å². The topological polar surface area (TPSA) is 56.2 Å². The molecule has 5 rings (SSSR count). The van der Waals surface area contributed by atoms with Crippen molar-refractivity contribution < 1.29 is 9.59 Å². The van der Waals surface area contributed by atoms with E-state index in [9.17, 15) is 9.59 Å². The molecular formula is C30H36Cl2N4O2S. The average molecular weight is 588 g/mol. The van der Waals surface area contributed by atoms with Crippen molar-refractivity contribution in [2.45, 2.75) is 64.6 Å². The Morgan fingerprint density at radius 3 is 2.44 bits per heavy atom. The summed E-state index contributed by atoms with van der Waals surface area (Å²) in [5, 5.41) is 2.24. The Bertz CT molecular complexity index is 1320. The van der Waals surface area contributed by atoms with E-state index in [0.717, 1.165) is 34.3 Å². The van der Waals surface area contributed by atoms with Crippen LogP contribution >= 0.6 is 35.0 Å². The summed E-state index contributed by atoms with van der Waals surface area (Å²) < 4.78 is 0. The van der Waals surface area contributed by atoms with E-state index in [1.165, 1.54) is 11.8 Å². The highest BCUT2D eigenvalue weighted by molar-refractivity contribution is 8.18. The number of hydrogen-bond donors (Lipinski definition) is 0. The zero-order chi connectivity index (χ0) is 28.3. The van der Waals surface area contributed by atoms with Crippen LogP contribution in [0.5, 0.6) is 0 Å². The SMILES string of the molecule is CC(C)C1=C(C(=O)N2CCC[C@@H]2C(=O)N(C)C)SC2=NC(C)(c3ccc(Cl)cc3)C(C3(C)C=CC(Cl)=CC3)N21. The van der Waals surface area contributed by atoms with Crippen molar-refractivity contribution in [2.75, 3.05) is 20.6 Å². The van der Waals surface area contributed by atoms with E-state index < -0.39 is 11.6 Å². The summed E-state index contributed by atoms with van der Waals surface area (Å²) in [6.07, 6.45) is 8.50. The molecule has 3 unspecified atom stereocenters. The van der Waals surface area contributed by atoms with Gasteiger partial charge in [0.15, 0.2) is 5.17 Å². The van der Waals surface area contributed by atoms with E-state index >= 15 is 0 Å². The van der Waals surface area contributed by atoms with Gasteiger partial charge in [0.25, 0.3) is 5.91 Å². The van der Waals surface area contributed by atoms with Crippen LogP contribution in [-0.2, 0) is 15.1 Å². The lowest BCUT2D eigenvalue weighted by molar-refractivity contribution is -0.140. The second-order valence-electron chi connectivity index (χ2n) is 11.8. The molecule has 0 spiro atoms. The molecule has 208 valence electrons. The van der Waals surface area contributed by atoms with Crippen LogP contribution in [-0.4, -0.2) is 64.4 Å². The number of likely N-dealkylation sites (N-methyl/N-ethyl adjacent to an activating group) is 1. The second-order valence-corrected chi connectivity index (χ2v) is 13.7. The van der Waals surface area contributed by atoms with Crippen LogP contribution in [0.15, 0.2) is 63.1 Å². The standard InChI is InChI=1S/C30H36Cl2N4O2S/c1-18(2)23-24(26(38)35-17-7-8-22(35)25(37)34(5)6)39-28-33-30(4,19-9-11-20(31)12-10-19)27(36(23)28)29(3)15-13-21(32)14-16-29/h9-15,18,22,27H,7-8,16-17H2,1-6H3/t22-,27?,29?,30?/m1/s1. The molecule has 0 radical (unpaired) electrons. The Morgan fingerprint density at radius 2 is 1.85 bits per heavy atom. The Kier molecular flexibility index (Phi) is 7.49. The van der Waals surface area contributed by atoms with Gasteiger partial charge < -0.3 is 14.7 Å². The number of amidine groups is 1. The number of allylic oxidation sites excluding steroid dienone is 4. The first-order valence-corrected chi connectivity index (χ1v) is 15.1. The number of benzene rings is 1. The lowest BCUT2D eigenvalue weighted by Crippen LogP contribution is -2.52. The minimum atomic E-state index is -0.588. The fourth-order valence-corrected chi connectivity index (χ4v) is 8.13. The van der Waals surface area contributed by atoms with Crippen LogP contribution in [0, 0.1) is 11.3 Å². The number of amides is 2. The Morgan fingerprint density at radius 1 is 1.15 bits per heavy atom. The normalized spacial score (nSPS) is 30.2. The van der Waals surface area contributed by atoms with Gasteiger partial charge in [0.2, 0.25) is 5.91 Å². The minimum Gasteiger partial charge on any atom is -0.347 e. The maximum absolute atomic E-state index is 14.1. The molecule has 1 aromatic carbocycles. The molecule has 4 atom stereocenters. The summed E-state index contributed by atoms with van der Waals surface area (Å²) in [6.45, 7) is 9.26. The number of thioether (sulfide) groups is 1. The first kappa shape index (κ1) is 28.3. The molecule has 1 aliphatic carbocycles. The fraction of sp³-hybridized carbons (Fsp3) is 0.500. The quantitative estimate of drug-likeness (QED) is 0.402. The van der Waals surface area contributed by atoms with Crippen molar-refractivity contribution in [2.24, 2.45) is 16.3 Å². The molecule has 0 saturated carbocycles. The van der Waals surface area contributed by atoms with E-state index in [1.807, 2.05) is 18.2 Å². The number of likely N-dealkylation sites (tertiary alicyclic amines) is 1. The van der Waals surface area contributed by atoms with Crippen molar-refractivity contribution in [3.8, 4) is 0 Å². The number of halogens is 2. The summed E-state index contributed by atoms with van der Waals surface area (Å²) in [4.78, 5) is 38.8. The monoisotopic (exact) mass is 586 g/mol. The van der Waals surface area contributed by atoms with Crippen LogP contribution < -0.4 is 0 Å². The number of hydrogen-bond acceptors (Lipinski definition) is 5. The highest BCUT2D eigenvalue weighted by Crippen LogP contribution is 2.56. The molecule has 4 aliphatic rings. The van der Waals surface area contributed by atoms with Crippen LogP contribution in [0.3, 0.4) is 0 Å². The van der Waals surface area contributed by atoms with Gasteiger partial charge in [0.1, 0.15) is 16.5 Å². The van der Waals surface area contributed by atoms with Crippen LogP contribution in [0.25, 0.3) is 0 Å². The Balaban J connectivity index is 1.61. The number of carbonyl (C=O) groups is 2. The second kappa shape index (κ2) is 10.3. The molecule has 3 heterocycles. The van der Waals surface area contributed by atoms with Gasteiger partial charge in [0.05, 0.1) is 6.04 Å². The maximum Gasteiger partial charge on any atom is 0.263 e. The van der Waals surface area contributed by atoms with E-state index in [4.69, 9.17) is 28.2 Å². The largest absolute Gasteiger partial charge is 0.347 e. The zero-order valence-corrected chi connectivity index (χ0v) is 25.7. The predicted molar refractivity (Wildman–Crippen MR) is 161 cm³/mol. The third-order valence-corrected chi connectivity index (χ3v) is 9.99. The van der Waals surface area contributed by atoms with Crippen LogP contribution in [0.2, 0.25) is 5.02 Å². The summed E-state index contributed by atoms with van der Waals surface area (Å²) >= 11 is 14.1. The number of nitrogens with zero attached hydrogens (tertiary/aromatic N) is 4. The van der Waals surface area contributed by atoms with Crippen molar-refractivity contribution in [3.05, 3.63) is 68.7 Å². The number of aliphatic imine (C=N–C) groups is 1. The third-order valence-electron chi connectivity index (χ3n) is 8.40. The first-order valence-electron chi connectivity index (χ1n) is 13.5. The van der Waals surface area contributed by atoms with Gasteiger partial charge in [-0.05, 0) is 67.6 Å². The molecule has 1 aromatic rings. The van der Waals surface area contributed by atoms with Gasteiger partial charge in [-0.3, -0.25) is 9.59 Å². The van der Waals surface area contributed by atoms with E-state index in [0.29, 0.717) is 22.9 Å². The number of carbonyl (C=O) groups excluding carboxylic acids is 2. The summed E-state index contributed by atoms with van der Waals surface area (Å²) in [5.41, 5.74) is 1.15. The molecule has 0 aromatic heterocycles. The lowest BCUT2D eigenvalue weighted by Gasteiger charge is -2.47. The molecule has 9 heteroatoms. The number of rotatable bonds is 5. The maximum atomic E-state index is 14.1. The van der Waals surface area contributed by atoms with Gasteiger partial charge in [-0.1, -0.05) is 68.3 Å². The third kappa shape index (κ3) is 4.74. The predicted octanol–water partition coefficient (Wildman–Crippen LogP) is 6.38. The number of fused-ring (bicyclic) bond motifs is 1. The van der Waals surface area contributed by atoms with Gasteiger partial charge in [-0.2, -0.15) is 0 Å². The van der Waals surface area contributed by atoms with Gasteiger partial charge >= 0.3 is 0 Å². The highest BCUT2D eigenvalue weighted by Gasteiger charge is 2.58. The molecule has 1 fully saturated rings. The lowest BCUT2D eigenvalue weighted by atomic mass is 9.67. The Hall–Kier alpha value is -2.22. The van der Waals surface area contributed by atoms with E-state index in [2.05, 4.69) is 56.9 Å². The molecule has 2 amide bonds. The van der Waals surface area contributed by atoms with Crippen LogP contribution in [0.1, 0.15) is 52.5 Å². The molecule has 0 bridgehead atoms. The highest BCUT2D eigenvalue weighted by atomic mass is 35.5. The van der Waals surface area contributed by atoms with Gasteiger partial charge in [-0.25, -0.2) is 4.99 Å². The zero-order valence-electron chi connectivity index (χ0n) is 23.4. The summed E-state index contributed by atoms with van der Waals surface area (Å²) in [5.74, 6) is -0.0251. The summed E-state index contributed by atoms with van der Waals surface area (Å²) in [7, 11) is 3.50. The van der Waals surface area contributed by atoms with E-state index in [-0.39, 0.29) is 29.2 Å². The molecule has 1 saturated heterocycles. The molecule has 0 N–H and O–H groups in total. The first-order chi connectivity index (χ1) is 18.4. The molecular weight excluding hydrogens is 551 g/mol. The van der Waals surface area contributed by atoms with Gasteiger partial charge in [-0.15, -0.1) is 0 Å². The average Bonchev–Trinajstić information content (AvgIpc) is 3.58. The van der Waals surface area contributed by atoms with Crippen molar-refractivity contribution >= 4 is 51.9 Å². The molecule has 6 nitrogen and oxygen atoms in total. The minimum absolute atomic E-state index is 0.0231.